The summed E-state index contributed by atoms with van der Waals surface area (Å²) in [5.74, 6) is 0.399. The van der Waals surface area contributed by atoms with Gasteiger partial charge in [-0.1, -0.05) is 0 Å². The second-order valence-corrected chi connectivity index (χ2v) is 3.04. The topological polar surface area (TPSA) is 104 Å². The minimum absolute atomic E-state index is 0.0130. The van der Waals surface area contributed by atoms with Gasteiger partial charge >= 0.3 is 0 Å². The Morgan fingerprint density at radius 1 is 1.47 bits per heavy atom. The molecule has 0 radical (unpaired) electrons. The predicted octanol–water partition coefficient (Wildman–Crippen LogP) is 1.47. The van der Waals surface area contributed by atoms with Crippen LogP contribution in [0, 0.1) is 17.0 Å². The number of nitro groups is 1. The first-order valence-electron chi connectivity index (χ1n) is 4.44. The summed E-state index contributed by atoms with van der Waals surface area (Å²) < 4.78 is 5.22. The molecule has 0 aromatic heterocycles. The van der Waals surface area contributed by atoms with Gasteiger partial charge in [-0.05, 0) is 13.8 Å². The van der Waals surface area contributed by atoms with Gasteiger partial charge < -0.3 is 16.2 Å². The molecule has 0 atom stereocenters. The average Bonchev–Trinajstić information content (AvgIpc) is 2.18. The predicted molar refractivity (Wildman–Crippen MR) is 57.8 cm³/mol. The highest BCUT2D eigenvalue weighted by molar-refractivity contribution is 5.79. The van der Waals surface area contributed by atoms with Crippen LogP contribution in [0.4, 0.5) is 17.1 Å². The van der Waals surface area contributed by atoms with Crippen molar-refractivity contribution in [2.24, 2.45) is 0 Å². The number of hydrogen-bond donors (Lipinski definition) is 2. The lowest BCUT2D eigenvalue weighted by Gasteiger charge is -2.11. The zero-order valence-electron chi connectivity index (χ0n) is 8.61. The van der Waals surface area contributed by atoms with Crippen molar-refractivity contribution in [3.8, 4) is 5.75 Å². The van der Waals surface area contributed by atoms with E-state index in [0.29, 0.717) is 17.9 Å². The lowest BCUT2D eigenvalue weighted by molar-refractivity contribution is -0.383. The number of ether oxygens (including phenoxy) is 1. The van der Waals surface area contributed by atoms with Gasteiger partial charge in [0, 0.05) is 5.56 Å². The van der Waals surface area contributed by atoms with Crippen molar-refractivity contribution in [2.45, 2.75) is 13.8 Å². The largest absolute Gasteiger partial charge is 0.493 e. The third-order valence-electron chi connectivity index (χ3n) is 2.10. The third kappa shape index (κ3) is 1.93. The highest BCUT2D eigenvalue weighted by Crippen LogP contribution is 2.36. The van der Waals surface area contributed by atoms with Gasteiger partial charge in [-0.15, -0.1) is 0 Å². The van der Waals surface area contributed by atoms with Crippen molar-refractivity contribution in [3.05, 3.63) is 21.7 Å². The van der Waals surface area contributed by atoms with Crippen LogP contribution in [0.15, 0.2) is 6.07 Å². The molecule has 0 amide bonds. The molecule has 82 valence electrons. The van der Waals surface area contributed by atoms with Crippen LogP contribution in [-0.2, 0) is 0 Å². The van der Waals surface area contributed by atoms with Crippen molar-refractivity contribution >= 4 is 17.1 Å². The molecule has 0 fully saturated rings. The van der Waals surface area contributed by atoms with Crippen molar-refractivity contribution in [2.75, 3.05) is 18.1 Å². The summed E-state index contributed by atoms with van der Waals surface area (Å²) in [5.41, 5.74) is 11.8. The van der Waals surface area contributed by atoms with Gasteiger partial charge in [0.25, 0.3) is 5.69 Å². The van der Waals surface area contributed by atoms with E-state index in [1.54, 1.807) is 13.8 Å². The highest BCUT2D eigenvalue weighted by atomic mass is 16.6. The van der Waals surface area contributed by atoms with Crippen LogP contribution in [0.25, 0.3) is 0 Å². The molecule has 6 heteroatoms. The molecular weight excluding hydrogens is 198 g/mol. The molecule has 15 heavy (non-hydrogen) atoms. The Morgan fingerprint density at radius 2 is 2.07 bits per heavy atom. The maximum Gasteiger partial charge on any atom is 0.297 e. The molecule has 0 unspecified atom stereocenters. The first-order chi connectivity index (χ1) is 6.99. The van der Waals surface area contributed by atoms with E-state index >= 15 is 0 Å². The first-order valence-corrected chi connectivity index (χ1v) is 4.44. The van der Waals surface area contributed by atoms with E-state index in [0.717, 1.165) is 0 Å². The van der Waals surface area contributed by atoms with Crippen LogP contribution >= 0.6 is 0 Å². The van der Waals surface area contributed by atoms with Gasteiger partial charge in [0.15, 0.2) is 0 Å². The summed E-state index contributed by atoms with van der Waals surface area (Å²) in [6, 6.07) is 1.30. The summed E-state index contributed by atoms with van der Waals surface area (Å²) in [4.78, 5) is 10.1. The summed E-state index contributed by atoms with van der Waals surface area (Å²) in [6.07, 6.45) is 0. The Kier molecular flexibility index (Phi) is 2.99. The molecule has 0 saturated heterocycles. The van der Waals surface area contributed by atoms with Gasteiger partial charge in [0.1, 0.15) is 11.4 Å². The molecule has 0 spiro atoms. The number of anilines is 2. The average molecular weight is 211 g/mol. The monoisotopic (exact) mass is 211 g/mol. The molecule has 4 N–H and O–H groups in total. The van der Waals surface area contributed by atoms with Crippen LogP contribution in [0.3, 0.4) is 0 Å². The Morgan fingerprint density at radius 3 is 2.53 bits per heavy atom. The Balaban J connectivity index is 3.38. The summed E-state index contributed by atoms with van der Waals surface area (Å²) >= 11 is 0. The minimum atomic E-state index is -0.576. The maximum atomic E-state index is 10.7. The second kappa shape index (κ2) is 4.04. The van der Waals surface area contributed by atoms with Gasteiger partial charge in [-0.2, -0.15) is 0 Å². The normalized spacial score (nSPS) is 10.0. The molecule has 0 bridgehead atoms. The van der Waals surface area contributed by atoms with Crippen molar-refractivity contribution < 1.29 is 9.66 Å². The molecule has 1 rings (SSSR count). The van der Waals surface area contributed by atoms with Crippen LogP contribution in [0.2, 0.25) is 0 Å². The van der Waals surface area contributed by atoms with E-state index in [2.05, 4.69) is 0 Å². The van der Waals surface area contributed by atoms with Crippen molar-refractivity contribution in [3.63, 3.8) is 0 Å². The molecule has 0 aliphatic carbocycles. The third-order valence-corrected chi connectivity index (χ3v) is 2.10. The smallest absolute Gasteiger partial charge is 0.297 e. The fourth-order valence-corrected chi connectivity index (χ4v) is 1.24. The maximum absolute atomic E-state index is 10.7. The Hall–Kier alpha value is -1.98. The van der Waals surface area contributed by atoms with E-state index in [1.807, 2.05) is 0 Å². The van der Waals surface area contributed by atoms with Crippen LogP contribution < -0.4 is 16.2 Å². The van der Waals surface area contributed by atoms with Crippen molar-refractivity contribution in [1.29, 1.82) is 0 Å². The van der Waals surface area contributed by atoms with E-state index in [4.69, 9.17) is 16.2 Å². The van der Waals surface area contributed by atoms with E-state index in [-0.39, 0.29) is 17.1 Å². The summed E-state index contributed by atoms with van der Waals surface area (Å²) in [7, 11) is 0. The van der Waals surface area contributed by atoms with Gasteiger partial charge in [-0.25, -0.2) is 0 Å². The molecule has 0 aliphatic heterocycles. The SMILES string of the molecule is CCOc1cc([N+](=O)[O-])c(N)c(N)c1C. The molecule has 0 aliphatic rings. The standard InChI is InChI=1S/C9H13N3O3/c1-3-15-7-4-6(12(13)14)9(11)8(10)5(7)2/h4H,3,10-11H2,1-2H3. The summed E-state index contributed by atoms with van der Waals surface area (Å²) in [6.45, 7) is 3.92. The quantitative estimate of drug-likeness (QED) is 0.447. The second-order valence-electron chi connectivity index (χ2n) is 3.04. The zero-order chi connectivity index (χ0) is 11.6. The van der Waals surface area contributed by atoms with Crippen LogP contribution in [0.5, 0.6) is 5.75 Å². The number of nitrogens with two attached hydrogens (primary N) is 2. The number of benzene rings is 1. The number of rotatable bonds is 3. The van der Waals surface area contributed by atoms with Crippen molar-refractivity contribution in [1.82, 2.24) is 0 Å². The molecule has 0 saturated carbocycles. The van der Waals surface area contributed by atoms with E-state index in [9.17, 15) is 10.1 Å². The lowest BCUT2D eigenvalue weighted by atomic mass is 10.1. The molecule has 6 nitrogen and oxygen atoms in total. The highest BCUT2D eigenvalue weighted by Gasteiger charge is 2.19. The van der Waals surface area contributed by atoms with E-state index < -0.39 is 4.92 Å². The minimum Gasteiger partial charge on any atom is -0.493 e. The Labute approximate surface area is 87.0 Å². The van der Waals surface area contributed by atoms with Crippen LogP contribution in [-0.4, -0.2) is 11.5 Å². The summed E-state index contributed by atoms with van der Waals surface area (Å²) in [5, 5.41) is 10.7. The Bertz CT molecular complexity index is 404. The van der Waals surface area contributed by atoms with E-state index in [1.165, 1.54) is 6.07 Å². The number of nitro benzene ring substituents is 1. The van der Waals surface area contributed by atoms with Gasteiger partial charge in [0.05, 0.1) is 23.3 Å². The lowest BCUT2D eigenvalue weighted by Crippen LogP contribution is -2.05. The molecular formula is C9H13N3O3. The fourth-order valence-electron chi connectivity index (χ4n) is 1.24. The molecule has 1 aromatic carbocycles. The van der Waals surface area contributed by atoms with Crippen LogP contribution in [0.1, 0.15) is 12.5 Å². The number of nitrogen functional groups attached to an aromatic ring is 2. The first kappa shape index (κ1) is 11.1. The number of nitrogens with zero attached hydrogens (tertiary/aromatic N) is 1. The molecule has 1 aromatic rings. The zero-order valence-corrected chi connectivity index (χ0v) is 8.61. The number of hydrogen-bond acceptors (Lipinski definition) is 5. The molecule has 0 heterocycles. The van der Waals surface area contributed by atoms with Gasteiger partial charge in [0.2, 0.25) is 0 Å². The fraction of sp³-hybridized carbons (Fsp3) is 0.333. The van der Waals surface area contributed by atoms with Gasteiger partial charge in [-0.3, -0.25) is 10.1 Å².